The molecule has 0 amide bonds. The van der Waals surface area contributed by atoms with Crippen LogP contribution in [0.5, 0.6) is 0 Å². The van der Waals surface area contributed by atoms with Crippen LogP contribution in [0.4, 0.5) is 10.2 Å². The molecule has 2 aromatic rings. The van der Waals surface area contributed by atoms with Gasteiger partial charge >= 0.3 is 0 Å². The van der Waals surface area contributed by atoms with Crippen molar-refractivity contribution in [2.24, 2.45) is 0 Å². The molecule has 0 aliphatic rings. The minimum Gasteiger partial charge on any atom is -0.359 e. The van der Waals surface area contributed by atoms with Gasteiger partial charge in [0.2, 0.25) is 5.28 Å². The molecule has 3 nitrogen and oxygen atoms in total. The fourth-order valence-electron chi connectivity index (χ4n) is 1.50. The second kappa shape index (κ2) is 4.22. The number of anilines is 1. The summed E-state index contributed by atoms with van der Waals surface area (Å²) in [6, 6.07) is 4.42. The number of aromatic nitrogens is 2. The first-order valence-electron chi connectivity index (χ1n) is 4.95. The maximum Gasteiger partial charge on any atom is 0.224 e. The second-order valence-corrected chi connectivity index (χ2v) is 3.83. The number of benzene rings is 1. The van der Waals surface area contributed by atoms with Gasteiger partial charge in [0.15, 0.2) is 0 Å². The summed E-state index contributed by atoms with van der Waals surface area (Å²) in [4.78, 5) is 10.1. The lowest BCUT2D eigenvalue weighted by Crippen LogP contribution is -2.18. The number of nitrogens with zero attached hydrogens (tertiary/aromatic N) is 3. The molecule has 0 fully saturated rings. The average Bonchev–Trinajstić information content (AvgIpc) is 2.26. The number of rotatable bonds is 2. The normalized spacial score (nSPS) is 10.8. The molecule has 0 radical (unpaired) electrons. The van der Waals surface area contributed by atoms with Gasteiger partial charge in [0.25, 0.3) is 0 Å². The number of hydrogen-bond acceptors (Lipinski definition) is 3. The highest BCUT2D eigenvalue weighted by molar-refractivity contribution is 6.28. The molecule has 1 aromatic heterocycles. The van der Waals surface area contributed by atoms with Gasteiger partial charge in [-0.2, -0.15) is 4.98 Å². The summed E-state index contributed by atoms with van der Waals surface area (Å²) in [6.07, 6.45) is 0. The van der Waals surface area contributed by atoms with Gasteiger partial charge in [-0.1, -0.05) is 0 Å². The Bertz CT molecular complexity index is 525. The fourth-order valence-corrected chi connectivity index (χ4v) is 1.67. The van der Waals surface area contributed by atoms with Crippen LogP contribution < -0.4 is 4.90 Å². The highest BCUT2D eigenvalue weighted by Crippen LogP contribution is 2.24. The van der Waals surface area contributed by atoms with Crippen molar-refractivity contribution in [2.45, 2.75) is 6.92 Å². The topological polar surface area (TPSA) is 29.0 Å². The molecule has 84 valence electrons. The number of halogens is 2. The largest absolute Gasteiger partial charge is 0.359 e. The quantitative estimate of drug-likeness (QED) is 0.755. The van der Waals surface area contributed by atoms with E-state index in [0.29, 0.717) is 5.52 Å². The maximum absolute atomic E-state index is 13.1. The van der Waals surface area contributed by atoms with Crippen molar-refractivity contribution in [3.63, 3.8) is 0 Å². The molecule has 0 aliphatic heterocycles. The molecule has 0 spiro atoms. The van der Waals surface area contributed by atoms with Crippen LogP contribution in [0.15, 0.2) is 18.2 Å². The van der Waals surface area contributed by atoms with Gasteiger partial charge in [-0.3, -0.25) is 0 Å². The van der Waals surface area contributed by atoms with Crippen LogP contribution in [0.1, 0.15) is 6.92 Å². The van der Waals surface area contributed by atoms with Crippen molar-refractivity contribution in [3.8, 4) is 0 Å². The average molecular weight is 240 g/mol. The van der Waals surface area contributed by atoms with E-state index >= 15 is 0 Å². The SMILES string of the molecule is CCN(C)c1nc(Cl)nc2cc(F)ccc12. The van der Waals surface area contributed by atoms with Crippen LogP contribution in [0.2, 0.25) is 5.28 Å². The molecule has 0 saturated carbocycles. The maximum atomic E-state index is 13.1. The van der Waals surface area contributed by atoms with Gasteiger partial charge in [-0.05, 0) is 30.7 Å². The highest BCUT2D eigenvalue weighted by Gasteiger charge is 2.10. The molecule has 0 unspecified atom stereocenters. The molecule has 1 aromatic carbocycles. The summed E-state index contributed by atoms with van der Waals surface area (Å²) in [7, 11) is 1.90. The lowest BCUT2D eigenvalue weighted by molar-refractivity contribution is 0.629. The Kier molecular flexibility index (Phi) is 2.92. The van der Waals surface area contributed by atoms with Gasteiger partial charge in [0.05, 0.1) is 5.52 Å². The van der Waals surface area contributed by atoms with Crippen LogP contribution in [-0.4, -0.2) is 23.6 Å². The Hall–Kier alpha value is -1.42. The van der Waals surface area contributed by atoms with Crippen LogP contribution >= 0.6 is 11.6 Å². The lowest BCUT2D eigenvalue weighted by atomic mass is 10.2. The Balaban J connectivity index is 2.72. The molecular weight excluding hydrogens is 229 g/mol. The minimum absolute atomic E-state index is 0.133. The Morgan fingerprint density at radius 3 is 2.81 bits per heavy atom. The standard InChI is InChI=1S/C11H11ClFN3/c1-3-16(2)10-8-5-4-7(13)6-9(8)14-11(12)15-10/h4-6H,3H2,1-2H3. The van der Waals surface area contributed by atoms with Crippen molar-refractivity contribution in [1.82, 2.24) is 9.97 Å². The van der Waals surface area contributed by atoms with E-state index in [1.165, 1.54) is 12.1 Å². The summed E-state index contributed by atoms with van der Waals surface area (Å²) in [5.41, 5.74) is 0.523. The number of fused-ring (bicyclic) bond motifs is 1. The van der Waals surface area contributed by atoms with E-state index in [0.717, 1.165) is 17.7 Å². The Labute approximate surface area is 97.9 Å². The predicted octanol–water partition coefficient (Wildman–Crippen LogP) is 2.88. The first-order valence-corrected chi connectivity index (χ1v) is 5.33. The molecular formula is C11H11ClFN3. The third kappa shape index (κ3) is 1.93. The molecule has 0 saturated heterocycles. The van der Waals surface area contributed by atoms with E-state index in [1.807, 2.05) is 18.9 Å². The molecule has 1 heterocycles. The van der Waals surface area contributed by atoms with E-state index < -0.39 is 0 Å². The van der Waals surface area contributed by atoms with E-state index in [2.05, 4.69) is 9.97 Å². The summed E-state index contributed by atoms with van der Waals surface area (Å²) in [5, 5.41) is 0.934. The van der Waals surface area contributed by atoms with Crippen molar-refractivity contribution in [3.05, 3.63) is 29.3 Å². The zero-order valence-electron chi connectivity index (χ0n) is 9.04. The molecule has 0 atom stereocenters. The molecule has 0 bridgehead atoms. The van der Waals surface area contributed by atoms with E-state index in [4.69, 9.17) is 11.6 Å². The summed E-state index contributed by atoms with van der Waals surface area (Å²) in [5.74, 6) is 0.393. The van der Waals surface area contributed by atoms with Crippen molar-refractivity contribution in [2.75, 3.05) is 18.5 Å². The third-order valence-electron chi connectivity index (χ3n) is 2.45. The van der Waals surface area contributed by atoms with Crippen molar-refractivity contribution in [1.29, 1.82) is 0 Å². The predicted molar refractivity (Wildman–Crippen MR) is 63.5 cm³/mol. The highest BCUT2D eigenvalue weighted by atomic mass is 35.5. The monoisotopic (exact) mass is 239 g/mol. The molecule has 16 heavy (non-hydrogen) atoms. The first kappa shape index (κ1) is 11.1. The van der Waals surface area contributed by atoms with Crippen molar-refractivity contribution < 1.29 is 4.39 Å². The third-order valence-corrected chi connectivity index (χ3v) is 2.62. The second-order valence-electron chi connectivity index (χ2n) is 3.49. The van der Waals surface area contributed by atoms with Crippen LogP contribution in [0.25, 0.3) is 10.9 Å². The number of hydrogen-bond donors (Lipinski definition) is 0. The molecule has 0 aliphatic carbocycles. The van der Waals surface area contributed by atoms with Gasteiger partial charge in [0.1, 0.15) is 11.6 Å². The molecule has 2 rings (SSSR count). The van der Waals surface area contributed by atoms with Crippen molar-refractivity contribution >= 4 is 28.3 Å². The van der Waals surface area contributed by atoms with Gasteiger partial charge in [-0.25, -0.2) is 9.37 Å². The van der Waals surface area contributed by atoms with Crippen LogP contribution in [-0.2, 0) is 0 Å². The Morgan fingerprint density at radius 2 is 2.12 bits per heavy atom. The fraction of sp³-hybridized carbons (Fsp3) is 0.273. The van der Waals surface area contributed by atoms with E-state index in [9.17, 15) is 4.39 Å². The summed E-state index contributed by atoms with van der Waals surface area (Å²) < 4.78 is 13.1. The smallest absolute Gasteiger partial charge is 0.224 e. The van der Waals surface area contributed by atoms with Gasteiger partial charge in [0, 0.05) is 25.0 Å². The zero-order valence-corrected chi connectivity index (χ0v) is 9.79. The summed E-state index contributed by atoms with van der Waals surface area (Å²) >= 11 is 5.81. The van der Waals surface area contributed by atoms with Gasteiger partial charge in [-0.15, -0.1) is 0 Å². The summed E-state index contributed by atoms with van der Waals surface area (Å²) in [6.45, 7) is 2.80. The first-order chi connectivity index (χ1) is 7.61. The molecule has 0 N–H and O–H groups in total. The minimum atomic E-state index is -0.327. The molecule has 5 heteroatoms. The van der Waals surface area contributed by atoms with Crippen LogP contribution in [0, 0.1) is 5.82 Å². The zero-order chi connectivity index (χ0) is 11.7. The van der Waals surface area contributed by atoms with Gasteiger partial charge < -0.3 is 4.90 Å². The Morgan fingerprint density at radius 1 is 1.38 bits per heavy atom. The van der Waals surface area contributed by atoms with E-state index in [-0.39, 0.29) is 11.1 Å². The van der Waals surface area contributed by atoms with Crippen LogP contribution in [0.3, 0.4) is 0 Å². The lowest BCUT2D eigenvalue weighted by Gasteiger charge is -2.17. The van der Waals surface area contributed by atoms with E-state index in [1.54, 1.807) is 6.07 Å².